The Hall–Kier alpha value is -1.57. The van der Waals surface area contributed by atoms with Gasteiger partial charge in [-0.1, -0.05) is 30.4 Å². The standard InChI is InChI=1S/C14H14O2/c15-14(10-5-2-1-3-6-10)16-13-9-11-7-4-8-12(11)13/h1-7,11-13H,8-9H2/t11-,12-,13+/m1/s1. The summed E-state index contributed by atoms with van der Waals surface area (Å²) in [5, 5.41) is 0. The summed E-state index contributed by atoms with van der Waals surface area (Å²) in [5.74, 6) is 1.03. The van der Waals surface area contributed by atoms with E-state index >= 15 is 0 Å². The molecule has 0 amide bonds. The van der Waals surface area contributed by atoms with Crippen LogP contribution in [0.25, 0.3) is 0 Å². The van der Waals surface area contributed by atoms with Gasteiger partial charge in [0, 0.05) is 5.92 Å². The van der Waals surface area contributed by atoms with Crippen molar-refractivity contribution >= 4 is 5.97 Å². The first-order valence-electron chi connectivity index (χ1n) is 5.77. The predicted octanol–water partition coefficient (Wildman–Crippen LogP) is 2.81. The number of carbonyl (C=O) groups is 1. The maximum absolute atomic E-state index is 11.8. The molecule has 0 N–H and O–H groups in total. The minimum Gasteiger partial charge on any atom is -0.458 e. The molecule has 1 aromatic rings. The highest BCUT2D eigenvalue weighted by Crippen LogP contribution is 2.44. The maximum Gasteiger partial charge on any atom is 0.338 e. The smallest absolute Gasteiger partial charge is 0.338 e. The monoisotopic (exact) mass is 214 g/mol. The van der Waals surface area contributed by atoms with Crippen LogP contribution >= 0.6 is 0 Å². The van der Waals surface area contributed by atoms with Gasteiger partial charge in [0.15, 0.2) is 0 Å². The van der Waals surface area contributed by atoms with E-state index in [0.717, 1.165) is 12.8 Å². The van der Waals surface area contributed by atoms with Crippen LogP contribution in [0, 0.1) is 11.8 Å². The van der Waals surface area contributed by atoms with Gasteiger partial charge in [-0.3, -0.25) is 0 Å². The largest absolute Gasteiger partial charge is 0.458 e. The van der Waals surface area contributed by atoms with E-state index < -0.39 is 0 Å². The Morgan fingerprint density at radius 1 is 1.25 bits per heavy atom. The highest BCUT2D eigenvalue weighted by molar-refractivity contribution is 5.89. The van der Waals surface area contributed by atoms with Crippen LogP contribution < -0.4 is 0 Å². The van der Waals surface area contributed by atoms with Gasteiger partial charge in [-0.25, -0.2) is 4.79 Å². The zero-order chi connectivity index (χ0) is 11.0. The summed E-state index contributed by atoms with van der Waals surface area (Å²) in [6, 6.07) is 9.21. The number of allylic oxidation sites excluding steroid dienone is 2. The average molecular weight is 214 g/mol. The summed E-state index contributed by atoms with van der Waals surface area (Å²) in [6.07, 6.45) is 6.65. The Balaban J connectivity index is 1.62. The second-order valence-electron chi connectivity index (χ2n) is 4.54. The molecule has 0 saturated heterocycles. The van der Waals surface area contributed by atoms with Crippen molar-refractivity contribution in [3.05, 3.63) is 48.0 Å². The number of ether oxygens (including phenoxy) is 1. The minimum atomic E-state index is -0.184. The summed E-state index contributed by atoms with van der Waals surface area (Å²) in [4.78, 5) is 11.8. The van der Waals surface area contributed by atoms with E-state index in [4.69, 9.17) is 4.74 Å². The van der Waals surface area contributed by atoms with E-state index in [1.807, 2.05) is 18.2 Å². The fourth-order valence-electron chi connectivity index (χ4n) is 2.57. The van der Waals surface area contributed by atoms with Gasteiger partial charge in [0.05, 0.1) is 5.56 Å². The normalized spacial score (nSPS) is 30.6. The third-order valence-electron chi connectivity index (χ3n) is 3.59. The topological polar surface area (TPSA) is 26.3 Å². The number of rotatable bonds is 2. The summed E-state index contributed by atoms with van der Waals surface area (Å²) < 4.78 is 5.51. The molecular weight excluding hydrogens is 200 g/mol. The number of benzene rings is 1. The molecule has 0 unspecified atom stereocenters. The number of hydrogen-bond donors (Lipinski definition) is 0. The van der Waals surface area contributed by atoms with Crippen LogP contribution in [0.5, 0.6) is 0 Å². The van der Waals surface area contributed by atoms with E-state index in [2.05, 4.69) is 12.2 Å². The molecule has 16 heavy (non-hydrogen) atoms. The second kappa shape index (κ2) is 3.78. The fraction of sp³-hybridized carbons (Fsp3) is 0.357. The zero-order valence-corrected chi connectivity index (χ0v) is 9.00. The van der Waals surface area contributed by atoms with Crippen LogP contribution in [-0.2, 0) is 4.74 Å². The molecule has 0 bridgehead atoms. The van der Waals surface area contributed by atoms with Crippen LogP contribution in [0.3, 0.4) is 0 Å². The lowest BCUT2D eigenvalue weighted by atomic mass is 9.73. The van der Waals surface area contributed by atoms with Gasteiger partial charge in [-0.15, -0.1) is 0 Å². The van der Waals surface area contributed by atoms with Crippen LogP contribution in [0.2, 0.25) is 0 Å². The Morgan fingerprint density at radius 2 is 2.06 bits per heavy atom. The van der Waals surface area contributed by atoms with E-state index in [1.54, 1.807) is 12.1 Å². The van der Waals surface area contributed by atoms with E-state index in [9.17, 15) is 4.79 Å². The molecule has 2 aliphatic carbocycles. The Labute approximate surface area is 94.9 Å². The quantitative estimate of drug-likeness (QED) is 0.559. The van der Waals surface area contributed by atoms with E-state index in [1.165, 1.54) is 0 Å². The Morgan fingerprint density at radius 3 is 2.81 bits per heavy atom. The van der Waals surface area contributed by atoms with Crippen molar-refractivity contribution in [2.75, 3.05) is 0 Å². The molecular formula is C14H14O2. The first-order chi connectivity index (χ1) is 7.84. The number of carbonyl (C=O) groups excluding carboxylic acids is 1. The first kappa shape index (κ1) is 9.64. The van der Waals surface area contributed by atoms with Crippen molar-refractivity contribution in [2.45, 2.75) is 18.9 Å². The summed E-state index contributed by atoms with van der Waals surface area (Å²) in [7, 11) is 0. The lowest BCUT2D eigenvalue weighted by molar-refractivity contribution is -0.0376. The Bertz CT molecular complexity index is 422. The molecule has 1 fully saturated rings. The predicted molar refractivity (Wildman–Crippen MR) is 61.0 cm³/mol. The van der Waals surface area contributed by atoms with Gasteiger partial charge in [0.1, 0.15) is 6.10 Å². The maximum atomic E-state index is 11.8. The van der Waals surface area contributed by atoms with E-state index in [-0.39, 0.29) is 12.1 Å². The molecule has 0 aliphatic heterocycles. The van der Waals surface area contributed by atoms with Gasteiger partial charge in [0.2, 0.25) is 0 Å². The molecule has 1 saturated carbocycles. The first-order valence-corrected chi connectivity index (χ1v) is 5.77. The molecule has 0 radical (unpaired) electrons. The molecule has 0 spiro atoms. The van der Waals surface area contributed by atoms with Gasteiger partial charge in [-0.05, 0) is 30.9 Å². The fourth-order valence-corrected chi connectivity index (χ4v) is 2.57. The van der Waals surface area contributed by atoms with Crippen LogP contribution in [0.15, 0.2) is 42.5 Å². The van der Waals surface area contributed by atoms with Crippen molar-refractivity contribution in [2.24, 2.45) is 11.8 Å². The molecule has 1 aromatic carbocycles. The molecule has 3 rings (SSSR count). The summed E-state index contributed by atoms with van der Waals surface area (Å²) in [6.45, 7) is 0. The summed E-state index contributed by atoms with van der Waals surface area (Å²) >= 11 is 0. The third kappa shape index (κ3) is 1.54. The lowest BCUT2D eigenvalue weighted by Gasteiger charge is -2.39. The number of esters is 1. The average Bonchev–Trinajstić information content (AvgIpc) is 2.68. The van der Waals surface area contributed by atoms with Gasteiger partial charge in [-0.2, -0.15) is 0 Å². The lowest BCUT2D eigenvalue weighted by Crippen LogP contribution is -2.41. The van der Waals surface area contributed by atoms with Crippen molar-refractivity contribution in [3.8, 4) is 0 Å². The van der Waals surface area contributed by atoms with Crippen LogP contribution in [-0.4, -0.2) is 12.1 Å². The van der Waals surface area contributed by atoms with Crippen molar-refractivity contribution in [3.63, 3.8) is 0 Å². The molecule has 2 nitrogen and oxygen atoms in total. The van der Waals surface area contributed by atoms with Gasteiger partial charge >= 0.3 is 5.97 Å². The van der Waals surface area contributed by atoms with Crippen molar-refractivity contribution in [1.29, 1.82) is 0 Å². The molecule has 2 heteroatoms. The number of fused-ring (bicyclic) bond motifs is 1. The molecule has 3 atom stereocenters. The highest BCUT2D eigenvalue weighted by atomic mass is 16.5. The Kier molecular flexibility index (Phi) is 2.28. The van der Waals surface area contributed by atoms with Crippen molar-refractivity contribution < 1.29 is 9.53 Å². The molecule has 0 aromatic heterocycles. The summed E-state index contributed by atoms with van der Waals surface area (Å²) in [5.41, 5.74) is 0.650. The second-order valence-corrected chi connectivity index (χ2v) is 4.54. The molecule has 0 heterocycles. The van der Waals surface area contributed by atoms with Gasteiger partial charge < -0.3 is 4.74 Å². The molecule has 82 valence electrons. The number of hydrogen-bond acceptors (Lipinski definition) is 2. The molecule has 2 aliphatic rings. The van der Waals surface area contributed by atoms with Gasteiger partial charge in [0.25, 0.3) is 0 Å². The van der Waals surface area contributed by atoms with Crippen LogP contribution in [0.1, 0.15) is 23.2 Å². The third-order valence-corrected chi connectivity index (χ3v) is 3.59. The van der Waals surface area contributed by atoms with E-state index in [0.29, 0.717) is 17.4 Å². The minimum absolute atomic E-state index is 0.132. The van der Waals surface area contributed by atoms with Crippen LogP contribution in [0.4, 0.5) is 0 Å². The SMILES string of the molecule is O=C(O[C@H]1C[C@H]2C=CC[C@H]21)c1ccccc1. The highest BCUT2D eigenvalue weighted by Gasteiger charge is 2.43. The van der Waals surface area contributed by atoms with Crippen molar-refractivity contribution in [1.82, 2.24) is 0 Å². The zero-order valence-electron chi connectivity index (χ0n) is 9.00.